The molecule has 276 valence electrons. The third-order valence-corrected chi connectivity index (χ3v) is 8.04. The highest BCUT2D eigenvalue weighted by molar-refractivity contribution is 7.99. The summed E-state index contributed by atoms with van der Waals surface area (Å²) in [5.41, 5.74) is -1.05. The number of hydrogen-bond acceptors (Lipinski definition) is 18. The highest BCUT2D eigenvalue weighted by atomic mass is 32.2. The van der Waals surface area contributed by atoms with Crippen molar-refractivity contribution in [1.82, 2.24) is 0 Å². The summed E-state index contributed by atoms with van der Waals surface area (Å²) in [5.74, 6) is -5.63. The molecule has 2 aliphatic rings. The predicted molar refractivity (Wildman–Crippen MR) is 166 cm³/mol. The van der Waals surface area contributed by atoms with Crippen LogP contribution < -0.4 is 0 Å². The summed E-state index contributed by atoms with van der Waals surface area (Å²) in [6.45, 7) is 6.66. The maximum Gasteiger partial charge on any atom is 0.303 e. The van der Waals surface area contributed by atoms with Gasteiger partial charge in [-0.2, -0.15) is 0 Å². The van der Waals surface area contributed by atoms with Crippen molar-refractivity contribution in [1.29, 1.82) is 0 Å². The minimum Gasteiger partial charge on any atom is -0.463 e. The predicted octanol–water partition coefficient (Wildman–Crippen LogP) is 1.40. The smallest absolute Gasteiger partial charge is 0.303 e. The van der Waals surface area contributed by atoms with E-state index in [1.165, 1.54) is 0 Å². The second-order valence-corrected chi connectivity index (χ2v) is 12.3. The molecule has 0 radical (unpaired) electrons. The van der Waals surface area contributed by atoms with Crippen LogP contribution in [0, 0.1) is 0 Å². The summed E-state index contributed by atoms with van der Waals surface area (Å²) in [6, 6.07) is 8.85. The van der Waals surface area contributed by atoms with Crippen molar-refractivity contribution in [2.75, 3.05) is 13.2 Å². The van der Waals surface area contributed by atoms with Gasteiger partial charge in [0.25, 0.3) is 0 Å². The van der Waals surface area contributed by atoms with Crippen LogP contribution in [0.4, 0.5) is 0 Å². The molecule has 3 rings (SSSR count). The molecule has 0 spiro atoms. The van der Waals surface area contributed by atoms with Crippen LogP contribution in [0.5, 0.6) is 0 Å². The maximum absolute atomic E-state index is 12.5. The van der Waals surface area contributed by atoms with Crippen LogP contribution in [0.2, 0.25) is 0 Å². The third kappa shape index (κ3) is 12.0. The molecule has 0 unspecified atom stereocenters. The average Bonchev–Trinajstić information content (AvgIpc) is 3.00. The Bertz CT molecular complexity index is 1390. The van der Waals surface area contributed by atoms with Crippen LogP contribution >= 0.6 is 11.8 Å². The topological polar surface area (TPSA) is 212 Å². The van der Waals surface area contributed by atoms with E-state index in [-0.39, 0.29) is 0 Å². The summed E-state index contributed by atoms with van der Waals surface area (Å²) >= 11 is 1.12. The van der Waals surface area contributed by atoms with E-state index in [9.17, 15) is 33.6 Å². The van der Waals surface area contributed by atoms with Gasteiger partial charge >= 0.3 is 41.8 Å². The molecule has 1 aromatic rings. The molecule has 0 amide bonds. The molecule has 0 saturated carbocycles. The molecule has 0 bridgehead atoms. The van der Waals surface area contributed by atoms with Gasteiger partial charge in [-0.25, -0.2) is 0 Å². The first-order valence-electron chi connectivity index (χ1n) is 15.4. The molecular formula is C32H40O17S. The largest absolute Gasteiger partial charge is 0.463 e. The molecule has 2 saturated heterocycles. The minimum absolute atomic E-state index is 0.471. The van der Waals surface area contributed by atoms with Crippen molar-refractivity contribution in [3.8, 4) is 0 Å². The van der Waals surface area contributed by atoms with E-state index in [4.69, 9.17) is 47.4 Å². The second-order valence-electron chi connectivity index (χ2n) is 11.1. The average molecular weight is 729 g/mol. The highest BCUT2D eigenvalue weighted by Gasteiger charge is 2.57. The van der Waals surface area contributed by atoms with Gasteiger partial charge in [0.1, 0.15) is 37.0 Å². The first kappa shape index (κ1) is 40.2. The van der Waals surface area contributed by atoms with Gasteiger partial charge in [-0.15, -0.1) is 0 Å². The summed E-state index contributed by atoms with van der Waals surface area (Å²) in [4.78, 5) is 86.2. The highest BCUT2D eigenvalue weighted by Crippen LogP contribution is 2.39. The number of ether oxygens (including phenoxy) is 10. The Labute approximate surface area is 291 Å². The van der Waals surface area contributed by atoms with Crippen LogP contribution in [0.1, 0.15) is 48.5 Å². The van der Waals surface area contributed by atoms with Crippen LogP contribution in [0.25, 0.3) is 0 Å². The van der Waals surface area contributed by atoms with E-state index in [0.29, 0.717) is 4.90 Å². The molecule has 18 heteroatoms. The number of benzene rings is 1. The van der Waals surface area contributed by atoms with Crippen molar-refractivity contribution in [2.45, 2.75) is 114 Å². The monoisotopic (exact) mass is 728 g/mol. The van der Waals surface area contributed by atoms with Crippen molar-refractivity contribution in [2.24, 2.45) is 0 Å². The van der Waals surface area contributed by atoms with Crippen molar-refractivity contribution in [3.05, 3.63) is 30.3 Å². The number of esters is 7. The molecule has 10 atom stereocenters. The van der Waals surface area contributed by atoms with Gasteiger partial charge in [0, 0.05) is 53.4 Å². The minimum atomic E-state index is -1.75. The first-order chi connectivity index (χ1) is 23.5. The fourth-order valence-corrected chi connectivity index (χ4v) is 6.33. The zero-order valence-electron chi connectivity index (χ0n) is 28.4. The van der Waals surface area contributed by atoms with Crippen molar-refractivity contribution in [3.63, 3.8) is 0 Å². The standard InChI is InChI=1S/C32H40O17S/c1-15(33)40-13-23-25(42-17(3)35)27(43-18(4)36)29(45-20(6)38)31(47-23)49-26-24(14-41-16(2)34)48-32(50-22-11-9-8-10-12-22)30(46-21(7)39)28(26)44-19(5)37/h8-12,23-32H,13-14H2,1-7H3/t23-,24-,25+,26+,27-,28-,29+,30+,31-,32-/m0/s1. The van der Waals surface area contributed by atoms with Gasteiger partial charge < -0.3 is 47.4 Å². The van der Waals surface area contributed by atoms with E-state index < -0.39 is 116 Å². The number of rotatable bonds is 13. The molecule has 0 aromatic heterocycles. The van der Waals surface area contributed by atoms with Crippen molar-refractivity contribution >= 4 is 53.5 Å². The molecule has 17 nitrogen and oxygen atoms in total. The van der Waals surface area contributed by atoms with E-state index in [0.717, 1.165) is 60.2 Å². The zero-order chi connectivity index (χ0) is 37.1. The van der Waals surface area contributed by atoms with E-state index in [2.05, 4.69) is 0 Å². The van der Waals surface area contributed by atoms with Crippen LogP contribution in [-0.2, 0) is 80.9 Å². The van der Waals surface area contributed by atoms with Gasteiger partial charge in [0.15, 0.2) is 36.8 Å². The maximum atomic E-state index is 12.5. The Morgan fingerprint density at radius 1 is 0.520 bits per heavy atom. The van der Waals surface area contributed by atoms with E-state index >= 15 is 0 Å². The lowest BCUT2D eigenvalue weighted by atomic mass is 9.96. The van der Waals surface area contributed by atoms with Crippen molar-refractivity contribution < 1.29 is 80.9 Å². The van der Waals surface area contributed by atoms with Crippen LogP contribution in [-0.4, -0.2) is 116 Å². The third-order valence-electron chi connectivity index (χ3n) is 6.88. The van der Waals surface area contributed by atoms with E-state index in [1.807, 2.05) is 0 Å². The van der Waals surface area contributed by atoms with Crippen LogP contribution in [0.15, 0.2) is 35.2 Å². The molecule has 2 fully saturated rings. The summed E-state index contributed by atoms with van der Waals surface area (Å²) in [5, 5.41) is 0. The first-order valence-corrected chi connectivity index (χ1v) is 16.2. The molecule has 0 aliphatic carbocycles. The van der Waals surface area contributed by atoms with Gasteiger partial charge in [0.2, 0.25) is 0 Å². The van der Waals surface area contributed by atoms with Gasteiger partial charge in [0.05, 0.1) is 0 Å². The van der Waals surface area contributed by atoms with Gasteiger partial charge in [-0.1, -0.05) is 30.0 Å². The Kier molecular flexibility index (Phi) is 15.0. The Morgan fingerprint density at radius 3 is 1.42 bits per heavy atom. The van der Waals surface area contributed by atoms with E-state index in [1.54, 1.807) is 30.3 Å². The molecule has 2 aliphatic heterocycles. The second kappa shape index (κ2) is 18.7. The lowest BCUT2D eigenvalue weighted by Gasteiger charge is -2.48. The number of hydrogen-bond donors (Lipinski definition) is 0. The normalized spacial score (nSPS) is 29.0. The van der Waals surface area contributed by atoms with Gasteiger partial charge in [-0.05, 0) is 12.1 Å². The Morgan fingerprint density at radius 2 is 0.940 bits per heavy atom. The van der Waals surface area contributed by atoms with Gasteiger partial charge in [-0.3, -0.25) is 33.6 Å². The summed E-state index contributed by atoms with van der Waals surface area (Å²) in [6.07, 6.45) is -13.4. The molecule has 2 heterocycles. The number of carbonyl (C=O) groups excluding carboxylic acids is 7. The summed E-state index contributed by atoms with van der Waals surface area (Å²) in [7, 11) is 0. The quantitative estimate of drug-likeness (QED) is 0.207. The fourth-order valence-electron chi connectivity index (χ4n) is 5.20. The summed E-state index contributed by atoms with van der Waals surface area (Å²) < 4.78 is 56.8. The SMILES string of the molecule is CC(=O)OC[C@@H]1O[C@@H](Sc2ccccc2)[C@H](OC(C)=O)[C@@H](OC(C)=O)[C@@H]1O[C@@H]1O[C@@H](COC(C)=O)[C@@H](OC(C)=O)[C@H](OC(C)=O)[C@H]1OC(C)=O. The molecular weight excluding hydrogens is 688 g/mol. The lowest BCUT2D eigenvalue weighted by molar-refractivity contribution is -0.341. The Balaban J connectivity index is 2.16. The lowest BCUT2D eigenvalue weighted by Crippen LogP contribution is -2.66. The zero-order valence-corrected chi connectivity index (χ0v) is 29.2. The Hall–Kier alpha value is -4.26. The fraction of sp³-hybridized carbons (Fsp3) is 0.594. The molecule has 50 heavy (non-hydrogen) atoms. The number of carbonyl (C=O) groups is 7. The number of thioether (sulfide) groups is 1. The molecule has 1 aromatic carbocycles. The van der Waals surface area contributed by atoms with Crippen LogP contribution in [0.3, 0.4) is 0 Å². The molecule has 0 N–H and O–H groups in total.